The van der Waals surface area contributed by atoms with Crippen LogP contribution < -0.4 is 5.32 Å². The van der Waals surface area contributed by atoms with E-state index < -0.39 is 0 Å². The van der Waals surface area contributed by atoms with Gasteiger partial charge in [-0.05, 0) is 29.3 Å². The number of nitrogens with one attached hydrogen (secondary N) is 1. The second-order valence-corrected chi connectivity index (χ2v) is 7.90. The Hall–Kier alpha value is -2.05. The molecule has 0 saturated carbocycles. The number of nitrogens with zero attached hydrogens (tertiary/aromatic N) is 1. The summed E-state index contributed by atoms with van der Waals surface area (Å²) >= 11 is 3.55. The van der Waals surface area contributed by atoms with E-state index in [1.807, 2.05) is 36.0 Å². The molecule has 1 aromatic carbocycles. The maximum Gasteiger partial charge on any atom is 0.220 e. The molecule has 0 spiro atoms. The van der Waals surface area contributed by atoms with Gasteiger partial charge in [-0.1, -0.05) is 29.8 Å². The van der Waals surface area contributed by atoms with Crippen molar-refractivity contribution in [2.75, 3.05) is 12.3 Å². The molecule has 6 heteroatoms. The minimum atomic E-state index is 0.0382. The SMILES string of the molecule is Cc1ccc(-c2cnc(CCC(=O)NCCSCc3ccsc3)o2)cc1. The average Bonchev–Trinajstić information content (AvgIpc) is 3.32. The van der Waals surface area contributed by atoms with Gasteiger partial charge in [-0.2, -0.15) is 23.1 Å². The Kier molecular flexibility index (Phi) is 6.91. The van der Waals surface area contributed by atoms with E-state index in [1.165, 1.54) is 11.1 Å². The third-order valence-electron chi connectivity index (χ3n) is 3.87. The quantitative estimate of drug-likeness (QED) is 0.542. The first-order valence-electron chi connectivity index (χ1n) is 8.58. The number of oxazole rings is 1. The minimum Gasteiger partial charge on any atom is -0.441 e. The molecule has 0 aliphatic rings. The van der Waals surface area contributed by atoms with Crippen molar-refractivity contribution in [1.82, 2.24) is 10.3 Å². The number of carbonyl (C=O) groups is 1. The molecule has 4 nitrogen and oxygen atoms in total. The zero-order valence-electron chi connectivity index (χ0n) is 14.7. The van der Waals surface area contributed by atoms with Crippen LogP contribution in [0.15, 0.2) is 51.7 Å². The predicted octanol–water partition coefficient (Wildman–Crippen LogP) is 4.69. The van der Waals surface area contributed by atoms with Gasteiger partial charge in [0.1, 0.15) is 0 Å². The lowest BCUT2D eigenvalue weighted by Crippen LogP contribution is -2.25. The molecule has 0 aliphatic carbocycles. The first-order chi connectivity index (χ1) is 12.7. The second-order valence-electron chi connectivity index (χ2n) is 6.02. The Balaban J connectivity index is 1.34. The summed E-state index contributed by atoms with van der Waals surface area (Å²) in [5, 5.41) is 7.20. The Labute approximate surface area is 162 Å². The molecule has 1 amide bonds. The number of carbonyl (C=O) groups excluding carboxylic acids is 1. The van der Waals surface area contributed by atoms with Gasteiger partial charge < -0.3 is 9.73 Å². The lowest BCUT2D eigenvalue weighted by Gasteiger charge is -2.04. The topological polar surface area (TPSA) is 55.1 Å². The smallest absolute Gasteiger partial charge is 0.220 e. The summed E-state index contributed by atoms with van der Waals surface area (Å²) in [5.74, 6) is 3.29. The van der Waals surface area contributed by atoms with Crippen LogP contribution in [0.2, 0.25) is 0 Å². The van der Waals surface area contributed by atoms with Crippen LogP contribution in [0.25, 0.3) is 11.3 Å². The number of hydrogen-bond donors (Lipinski definition) is 1. The number of aromatic nitrogens is 1. The fourth-order valence-electron chi connectivity index (χ4n) is 2.41. The zero-order valence-corrected chi connectivity index (χ0v) is 16.4. The number of aryl methyl sites for hydroxylation is 2. The van der Waals surface area contributed by atoms with Crippen molar-refractivity contribution in [3.8, 4) is 11.3 Å². The molecule has 26 heavy (non-hydrogen) atoms. The van der Waals surface area contributed by atoms with Crippen LogP contribution in [0.1, 0.15) is 23.4 Å². The van der Waals surface area contributed by atoms with E-state index in [-0.39, 0.29) is 5.91 Å². The molecule has 0 radical (unpaired) electrons. The number of benzene rings is 1. The highest BCUT2D eigenvalue weighted by atomic mass is 32.2. The molecule has 3 rings (SSSR count). The molecule has 136 valence electrons. The lowest BCUT2D eigenvalue weighted by molar-refractivity contribution is -0.121. The predicted molar refractivity (Wildman–Crippen MR) is 108 cm³/mol. The lowest BCUT2D eigenvalue weighted by atomic mass is 10.1. The number of amides is 1. The molecule has 0 atom stereocenters. The molecule has 2 aromatic heterocycles. The van der Waals surface area contributed by atoms with E-state index >= 15 is 0 Å². The van der Waals surface area contributed by atoms with Crippen LogP contribution in [-0.2, 0) is 17.0 Å². The third kappa shape index (κ3) is 5.75. The zero-order chi connectivity index (χ0) is 18.2. The van der Waals surface area contributed by atoms with Crippen molar-refractivity contribution in [1.29, 1.82) is 0 Å². The van der Waals surface area contributed by atoms with Crippen LogP contribution in [0.3, 0.4) is 0 Å². The summed E-state index contributed by atoms with van der Waals surface area (Å²) in [5.41, 5.74) is 3.56. The van der Waals surface area contributed by atoms with Crippen LogP contribution in [0.4, 0.5) is 0 Å². The number of thiophene rings is 1. The van der Waals surface area contributed by atoms with Crippen molar-refractivity contribution in [3.63, 3.8) is 0 Å². The summed E-state index contributed by atoms with van der Waals surface area (Å²) in [4.78, 5) is 16.2. The van der Waals surface area contributed by atoms with Gasteiger partial charge >= 0.3 is 0 Å². The van der Waals surface area contributed by atoms with Crippen molar-refractivity contribution < 1.29 is 9.21 Å². The Morgan fingerprint density at radius 3 is 2.88 bits per heavy atom. The van der Waals surface area contributed by atoms with Crippen LogP contribution >= 0.6 is 23.1 Å². The first-order valence-corrected chi connectivity index (χ1v) is 10.7. The molecule has 0 aliphatic heterocycles. The summed E-state index contributed by atoms with van der Waals surface area (Å²) in [6.07, 6.45) is 2.63. The second kappa shape index (κ2) is 9.59. The van der Waals surface area contributed by atoms with E-state index in [4.69, 9.17) is 4.42 Å². The van der Waals surface area contributed by atoms with E-state index in [2.05, 4.69) is 34.1 Å². The minimum absolute atomic E-state index is 0.0382. The average molecular weight is 387 g/mol. The molecular weight excluding hydrogens is 364 g/mol. The van der Waals surface area contributed by atoms with E-state index in [0.29, 0.717) is 25.3 Å². The Morgan fingerprint density at radius 2 is 2.12 bits per heavy atom. The summed E-state index contributed by atoms with van der Waals surface area (Å²) < 4.78 is 5.75. The molecule has 0 saturated heterocycles. The summed E-state index contributed by atoms with van der Waals surface area (Å²) in [6.45, 7) is 2.74. The van der Waals surface area contributed by atoms with Gasteiger partial charge in [0.25, 0.3) is 0 Å². The molecule has 2 heterocycles. The molecule has 0 unspecified atom stereocenters. The third-order valence-corrected chi connectivity index (χ3v) is 5.64. The van der Waals surface area contributed by atoms with Crippen molar-refractivity contribution in [2.45, 2.75) is 25.5 Å². The van der Waals surface area contributed by atoms with Gasteiger partial charge in [0.2, 0.25) is 5.91 Å². The van der Waals surface area contributed by atoms with Gasteiger partial charge in [-0.15, -0.1) is 0 Å². The Morgan fingerprint density at radius 1 is 1.27 bits per heavy atom. The van der Waals surface area contributed by atoms with Gasteiger partial charge in [0.15, 0.2) is 11.7 Å². The van der Waals surface area contributed by atoms with Crippen LogP contribution in [-0.4, -0.2) is 23.2 Å². The summed E-state index contributed by atoms with van der Waals surface area (Å²) in [7, 11) is 0. The van der Waals surface area contributed by atoms with Crippen molar-refractivity contribution in [3.05, 3.63) is 64.3 Å². The van der Waals surface area contributed by atoms with Crippen LogP contribution in [0.5, 0.6) is 0 Å². The molecule has 1 N–H and O–H groups in total. The fourth-order valence-corrected chi connectivity index (χ4v) is 3.99. The van der Waals surface area contributed by atoms with E-state index in [1.54, 1.807) is 17.5 Å². The number of thioether (sulfide) groups is 1. The molecular formula is C20H22N2O2S2. The van der Waals surface area contributed by atoms with Gasteiger partial charge in [0, 0.05) is 36.5 Å². The first kappa shape index (κ1) is 18.7. The van der Waals surface area contributed by atoms with Crippen molar-refractivity contribution in [2.24, 2.45) is 0 Å². The number of hydrogen-bond acceptors (Lipinski definition) is 5. The van der Waals surface area contributed by atoms with Crippen LogP contribution in [0, 0.1) is 6.92 Å². The normalized spacial score (nSPS) is 10.8. The largest absolute Gasteiger partial charge is 0.441 e. The van der Waals surface area contributed by atoms with Gasteiger partial charge in [-0.3, -0.25) is 4.79 Å². The van der Waals surface area contributed by atoms with Crippen molar-refractivity contribution >= 4 is 29.0 Å². The molecule has 0 bridgehead atoms. The maximum atomic E-state index is 11.9. The van der Waals surface area contributed by atoms with E-state index in [9.17, 15) is 4.79 Å². The van der Waals surface area contributed by atoms with Gasteiger partial charge in [-0.25, -0.2) is 4.98 Å². The standard InChI is InChI=1S/C20H22N2O2S2/c1-15-2-4-17(5-3-15)18-12-22-20(24-18)7-6-19(23)21-9-11-26-14-16-8-10-25-13-16/h2-5,8,10,12-13H,6-7,9,11,14H2,1H3,(H,21,23). The maximum absolute atomic E-state index is 11.9. The highest BCUT2D eigenvalue weighted by Crippen LogP contribution is 2.21. The molecule has 3 aromatic rings. The monoisotopic (exact) mass is 386 g/mol. The molecule has 0 fully saturated rings. The Bertz CT molecular complexity index is 811. The highest BCUT2D eigenvalue weighted by Gasteiger charge is 2.09. The van der Waals surface area contributed by atoms with E-state index in [0.717, 1.165) is 22.8 Å². The number of rotatable bonds is 9. The highest BCUT2D eigenvalue weighted by molar-refractivity contribution is 7.98. The summed E-state index contributed by atoms with van der Waals surface area (Å²) in [6, 6.07) is 10.3. The fraction of sp³-hybridized carbons (Fsp3) is 0.300. The van der Waals surface area contributed by atoms with Gasteiger partial charge in [0.05, 0.1) is 6.20 Å².